The number of rotatable bonds is 2. The van der Waals surface area contributed by atoms with E-state index >= 15 is 0 Å². The fraction of sp³-hybridized carbons (Fsp3) is 0.250. The van der Waals surface area contributed by atoms with E-state index in [-0.39, 0.29) is 0 Å². The smallest absolute Gasteiger partial charge is 0.155 e. The van der Waals surface area contributed by atoms with Crippen LogP contribution in [0.3, 0.4) is 0 Å². The first-order valence-corrected chi connectivity index (χ1v) is 7.48. The second kappa shape index (κ2) is 5.02. The minimum atomic E-state index is 0.546. The lowest BCUT2D eigenvalue weighted by atomic mass is 10.0. The molecule has 0 aliphatic rings. The maximum absolute atomic E-state index is 4.65. The summed E-state index contributed by atoms with van der Waals surface area (Å²) in [6.45, 7) is 6.37. The van der Waals surface area contributed by atoms with Crippen molar-refractivity contribution < 1.29 is 0 Å². The zero-order valence-electron chi connectivity index (χ0n) is 11.8. The molecule has 0 amide bonds. The molecule has 3 nitrogen and oxygen atoms in total. The fourth-order valence-electron chi connectivity index (χ4n) is 2.21. The molecule has 2 heterocycles. The summed E-state index contributed by atoms with van der Waals surface area (Å²) in [5.41, 5.74) is 5.22. The van der Waals surface area contributed by atoms with Gasteiger partial charge in [0.15, 0.2) is 5.65 Å². The quantitative estimate of drug-likeness (QED) is 0.688. The van der Waals surface area contributed by atoms with Crippen LogP contribution in [-0.2, 0) is 0 Å². The third-order valence-corrected chi connectivity index (χ3v) is 4.36. The van der Waals surface area contributed by atoms with E-state index in [9.17, 15) is 0 Å². The molecule has 0 spiro atoms. The first-order chi connectivity index (χ1) is 9.56. The second-order valence-corrected chi connectivity index (χ2v) is 6.00. The van der Waals surface area contributed by atoms with Gasteiger partial charge in [-0.25, -0.2) is 9.50 Å². The summed E-state index contributed by atoms with van der Waals surface area (Å²) in [5.74, 6) is 0.546. The summed E-state index contributed by atoms with van der Waals surface area (Å²) in [6.07, 6.45) is 0. The van der Waals surface area contributed by atoms with Crippen LogP contribution in [0.1, 0.15) is 31.0 Å². The van der Waals surface area contributed by atoms with Crippen molar-refractivity contribution in [1.29, 1.82) is 0 Å². The second-order valence-electron chi connectivity index (χ2n) is 5.25. The van der Waals surface area contributed by atoms with Gasteiger partial charge in [-0.05, 0) is 46.5 Å². The zero-order chi connectivity index (χ0) is 14.3. The molecule has 0 atom stereocenters. The monoisotopic (exact) mass is 329 g/mol. The van der Waals surface area contributed by atoms with Gasteiger partial charge in [-0.3, -0.25) is 0 Å². The number of halogens is 1. The number of benzene rings is 1. The number of imidazole rings is 1. The van der Waals surface area contributed by atoms with Crippen molar-refractivity contribution in [3.63, 3.8) is 0 Å². The Kier molecular flexibility index (Phi) is 3.34. The van der Waals surface area contributed by atoms with Crippen LogP contribution in [0.5, 0.6) is 0 Å². The predicted molar refractivity (Wildman–Crippen MR) is 84.9 cm³/mol. The summed E-state index contributed by atoms with van der Waals surface area (Å²) >= 11 is 3.53. The van der Waals surface area contributed by atoms with E-state index in [1.54, 1.807) is 0 Å². The maximum Gasteiger partial charge on any atom is 0.155 e. The molecule has 0 fully saturated rings. The van der Waals surface area contributed by atoms with E-state index < -0.39 is 0 Å². The molecule has 0 saturated carbocycles. The Hall–Kier alpha value is -1.68. The van der Waals surface area contributed by atoms with Crippen molar-refractivity contribution in [2.75, 3.05) is 0 Å². The summed E-state index contributed by atoms with van der Waals surface area (Å²) in [4.78, 5) is 4.44. The topological polar surface area (TPSA) is 30.2 Å². The summed E-state index contributed by atoms with van der Waals surface area (Å²) in [6, 6.07) is 12.6. The Balaban J connectivity index is 2.07. The number of nitrogens with zero attached hydrogens (tertiary/aromatic N) is 3. The highest BCUT2D eigenvalue weighted by atomic mass is 79.9. The maximum atomic E-state index is 4.65. The van der Waals surface area contributed by atoms with E-state index in [2.05, 4.69) is 64.1 Å². The minimum Gasteiger partial charge on any atom is -0.231 e. The van der Waals surface area contributed by atoms with Crippen LogP contribution < -0.4 is 0 Å². The van der Waals surface area contributed by atoms with Gasteiger partial charge in [0.05, 0.1) is 11.4 Å². The molecule has 20 heavy (non-hydrogen) atoms. The molecule has 0 N–H and O–H groups in total. The van der Waals surface area contributed by atoms with Gasteiger partial charge >= 0.3 is 0 Å². The van der Waals surface area contributed by atoms with Gasteiger partial charge in [0.2, 0.25) is 0 Å². The van der Waals surface area contributed by atoms with Gasteiger partial charge in [0.25, 0.3) is 0 Å². The van der Waals surface area contributed by atoms with Crippen LogP contribution in [0.25, 0.3) is 16.9 Å². The number of hydrogen-bond donors (Lipinski definition) is 0. The molecule has 0 saturated heterocycles. The van der Waals surface area contributed by atoms with Crippen LogP contribution in [0.2, 0.25) is 0 Å². The first-order valence-electron chi connectivity index (χ1n) is 6.68. The molecule has 4 heteroatoms. The third-order valence-electron chi connectivity index (χ3n) is 3.45. The van der Waals surface area contributed by atoms with E-state index in [4.69, 9.17) is 0 Å². The summed E-state index contributed by atoms with van der Waals surface area (Å²) < 4.78 is 2.74. The number of hydrogen-bond acceptors (Lipinski definition) is 2. The molecule has 0 radical (unpaired) electrons. The molecule has 0 aliphatic heterocycles. The molecule has 0 aliphatic carbocycles. The van der Waals surface area contributed by atoms with Crippen LogP contribution in [0.15, 0.2) is 41.0 Å². The summed E-state index contributed by atoms with van der Waals surface area (Å²) in [7, 11) is 0. The van der Waals surface area contributed by atoms with Gasteiger partial charge < -0.3 is 0 Å². The number of aryl methyl sites for hydroxylation is 1. The first kappa shape index (κ1) is 13.3. The van der Waals surface area contributed by atoms with Crippen LogP contribution in [0.4, 0.5) is 0 Å². The molecule has 3 rings (SSSR count). The molecule has 2 aromatic heterocycles. The zero-order valence-corrected chi connectivity index (χ0v) is 13.3. The lowest BCUT2D eigenvalue weighted by Crippen LogP contribution is -1.95. The van der Waals surface area contributed by atoms with Gasteiger partial charge in [-0.1, -0.05) is 38.1 Å². The lowest BCUT2D eigenvalue weighted by Gasteiger charge is -2.07. The third kappa shape index (κ3) is 2.24. The highest BCUT2D eigenvalue weighted by molar-refractivity contribution is 9.10. The van der Waals surface area contributed by atoms with Crippen LogP contribution in [-0.4, -0.2) is 14.6 Å². The summed E-state index contributed by atoms with van der Waals surface area (Å²) in [5, 5.41) is 4.65. The molecule has 1 aromatic carbocycles. The highest BCUT2D eigenvalue weighted by Crippen LogP contribution is 2.23. The Morgan fingerprint density at radius 3 is 2.40 bits per heavy atom. The van der Waals surface area contributed by atoms with Crippen molar-refractivity contribution in [2.24, 2.45) is 0 Å². The highest BCUT2D eigenvalue weighted by Gasteiger charge is 2.09. The largest absolute Gasteiger partial charge is 0.231 e. The Morgan fingerprint density at radius 1 is 1.05 bits per heavy atom. The van der Waals surface area contributed by atoms with Crippen molar-refractivity contribution in [2.45, 2.75) is 26.7 Å². The van der Waals surface area contributed by atoms with Crippen molar-refractivity contribution in [3.8, 4) is 11.3 Å². The van der Waals surface area contributed by atoms with Gasteiger partial charge in [-0.2, -0.15) is 5.10 Å². The lowest BCUT2D eigenvalue weighted by molar-refractivity contribution is 0.866. The van der Waals surface area contributed by atoms with E-state index in [0.29, 0.717) is 5.92 Å². The van der Waals surface area contributed by atoms with E-state index in [0.717, 1.165) is 27.2 Å². The standard InChI is InChI=1S/C16H16BrN3/c1-10(2)12-4-6-13(7-5-12)14-8-9-15-18-11(3)16(17)20(15)19-14/h4-10H,1-3H3. The van der Waals surface area contributed by atoms with E-state index in [1.807, 2.05) is 23.6 Å². The normalized spacial score (nSPS) is 11.4. The van der Waals surface area contributed by atoms with Crippen molar-refractivity contribution in [3.05, 3.63) is 52.3 Å². The minimum absolute atomic E-state index is 0.546. The molecule has 0 unspecified atom stereocenters. The average molecular weight is 330 g/mol. The van der Waals surface area contributed by atoms with Gasteiger partial charge in [0, 0.05) is 5.56 Å². The Labute approximate surface area is 126 Å². The number of aromatic nitrogens is 3. The molecule has 0 bridgehead atoms. The molecule has 3 aromatic rings. The fourth-order valence-corrected chi connectivity index (χ4v) is 2.56. The molecule has 102 valence electrons. The average Bonchev–Trinajstić information content (AvgIpc) is 2.74. The van der Waals surface area contributed by atoms with Crippen LogP contribution in [0, 0.1) is 6.92 Å². The molecular formula is C16H16BrN3. The Bertz CT molecular complexity index is 757. The van der Waals surface area contributed by atoms with Gasteiger partial charge in [0.1, 0.15) is 4.60 Å². The van der Waals surface area contributed by atoms with Crippen LogP contribution >= 0.6 is 15.9 Å². The molecular weight excluding hydrogens is 314 g/mol. The Morgan fingerprint density at radius 2 is 1.75 bits per heavy atom. The van der Waals surface area contributed by atoms with Gasteiger partial charge in [-0.15, -0.1) is 0 Å². The SMILES string of the molecule is Cc1nc2ccc(-c3ccc(C(C)C)cc3)nn2c1Br. The van der Waals surface area contributed by atoms with Crippen molar-refractivity contribution >= 4 is 21.6 Å². The van der Waals surface area contributed by atoms with E-state index in [1.165, 1.54) is 5.56 Å². The number of fused-ring (bicyclic) bond motifs is 1. The van der Waals surface area contributed by atoms with Crippen molar-refractivity contribution in [1.82, 2.24) is 14.6 Å². The predicted octanol–water partition coefficient (Wildman–Crippen LogP) is 4.59.